The van der Waals surface area contributed by atoms with Crippen molar-refractivity contribution in [3.05, 3.63) is 66.4 Å². The Morgan fingerprint density at radius 2 is 1.72 bits per heavy atom. The lowest BCUT2D eigenvalue weighted by Crippen LogP contribution is -2.32. The van der Waals surface area contributed by atoms with Crippen LogP contribution < -0.4 is 10.2 Å². The topological polar surface area (TPSA) is 45.2 Å². The van der Waals surface area contributed by atoms with Gasteiger partial charge in [0.05, 0.1) is 5.56 Å². The normalized spacial score (nSPS) is 14.5. The molecule has 1 aromatic heterocycles. The summed E-state index contributed by atoms with van der Waals surface area (Å²) in [4.78, 5) is 19.5. The van der Waals surface area contributed by atoms with Gasteiger partial charge >= 0.3 is 0 Å². The third-order valence-corrected chi connectivity index (χ3v) is 4.69. The summed E-state index contributed by atoms with van der Waals surface area (Å²) in [5.74, 6) is 0.685. The average molecular weight is 331 g/mol. The van der Waals surface area contributed by atoms with Crippen molar-refractivity contribution in [1.29, 1.82) is 0 Å². The third kappa shape index (κ3) is 3.33. The molecule has 4 rings (SSSR count). The van der Waals surface area contributed by atoms with Gasteiger partial charge in [-0.1, -0.05) is 30.3 Å². The molecule has 0 radical (unpaired) electrons. The zero-order valence-electron chi connectivity index (χ0n) is 14.1. The zero-order chi connectivity index (χ0) is 17.1. The van der Waals surface area contributed by atoms with E-state index < -0.39 is 0 Å². The summed E-state index contributed by atoms with van der Waals surface area (Å²) in [7, 11) is 0. The number of amides is 1. The van der Waals surface area contributed by atoms with Gasteiger partial charge in [0.2, 0.25) is 0 Å². The third-order valence-electron chi connectivity index (χ3n) is 4.69. The Hall–Kier alpha value is -2.88. The summed E-state index contributed by atoms with van der Waals surface area (Å²) >= 11 is 0. The Labute approximate surface area is 147 Å². The van der Waals surface area contributed by atoms with Crippen LogP contribution >= 0.6 is 0 Å². The first-order valence-electron chi connectivity index (χ1n) is 8.81. The number of anilines is 2. The van der Waals surface area contributed by atoms with Crippen molar-refractivity contribution in [2.45, 2.75) is 19.3 Å². The molecule has 1 amide bonds. The Kier molecular flexibility index (Phi) is 4.34. The van der Waals surface area contributed by atoms with E-state index >= 15 is 0 Å². The van der Waals surface area contributed by atoms with E-state index in [2.05, 4.69) is 21.3 Å². The lowest BCUT2D eigenvalue weighted by Gasteiger charge is -2.29. The van der Waals surface area contributed by atoms with Crippen LogP contribution in [0.5, 0.6) is 0 Å². The van der Waals surface area contributed by atoms with Crippen molar-refractivity contribution in [2.75, 3.05) is 23.3 Å². The number of rotatable bonds is 3. The van der Waals surface area contributed by atoms with Crippen LogP contribution in [0.4, 0.5) is 11.5 Å². The molecule has 0 spiro atoms. The van der Waals surface area contributed by atoms with Crippen molar-refractivity contribution in [1.82, 2.24) is 4.98 Å². The van der Waals surface area contributed by atoms with Gasteiger partial charge in [0.25, 0.3) is 5.91 Å². The van der Waals surface area contributed by atoms with Gasteiger partial charge in [0, 0.05) is 25.0 Å². The van der Waals surface area contributed by atoms with E-state index in [9.17, 15) is 4.79 Å². The molecule has 1 saturated heterocycles. The molecule has 1 fully saturated rings. The van der Waals surface area contributed by atoms with E-state index in [-0.39, 0.29) is 5.91 Å². The molecule has 0 saturated carbocycles. The van der Waals surface area contributed by atoms with E-state index in [4.69, 9.17) is 0 Å². The molecule has 1 aliphatic heterocycles. The van der Waals surface area contributed by atoms with Gasteiger partial charge < -0.3 is 10.2 Å². The first-order valence-corrected chi connectivity index (χ1v) is 8.81. The minimum Gasteiger partial charge on any atom is -0.356 e. The fraction of sp³-hybridized carbons (Fsp3) is 0.238. The maximum absolute atomic E-state index is 12.8. The van der Waals surface area contributed by atoms with Crippen molar-refractivity contribution >= 4 is 28.2 Å². The molecule has 4 heteroatoms. The predicted molar refractivity (Wildman–Crippen MR) is 102 cm³/mol. The monoisotopic (exact) mass is 331 g/mol. The molecular weight excluding hydrogens is 310 g/mol. The second-order valence-corrected chi connectivity index (χ2v) is 6.44. The fourth-order valence-electron chi connectivity index (χ4n) is 3.40. The van der Waals surface area contributed by atoms with Crippen molar-refractivity contribution in [3.8, 4) is 0 Å². The number of aromatic nitrogens is 1. The highest BCUT2D eigenvalue weighted by Crippen LogP contribution is 2.24. The number of fused-ring (bicyclic) bond motifs is 1. The van der Waals surface area contributed by atoms with Crippen LogP contribution in [0.1, 0.15) is 29.6 Å². The van der Waals surface area contributed by atoms with Crippen LogP contribution in [0.15, 0.2) is 60.8 Å². The number of hydrogen-bond acceptors (Lipinski definition) is 3. The molecule has 0 atom stereocenters. The predicted octanol–water partition coefficient (Wildman–Crippen LogP) is 4.48. The van der Waals surface area contributed by atoms with Gasteiger partial charge in [-0.05, 0) is 54.3 Å². The Morgan fingerprint density at radius 3 is 2.56 bits per heavy atom. The molecule has 25 heavy (non-hydrogen) atoms. The quantitative estimate of drug-likeness (QED) is 0.770. The molecule has 1 N–H and O–H groups in total. The number of benzene rings is 2. The summed E-state index contributed by atoms with van der Waals surface area (Å²) in [5, 5.41) is 5.30. The number of nitrogens with one attached hydrogen (secondary N) is 1. The summed E-state index contributed by atoms with van der Waals surface area (Å²) in [6.07, 6.45) is 5.32. The van der Waals surface area contributed by atoms with E-state index in [0.717, 1.165) is 48.2 Å². The lowest BCUT2D eigenvalue weighted by atomic mass is 10.1. The van der Waals surface area contributed by atoms with Gasteiger partial charge in [-0.2, -0.15) is 0 Å². The van der Waals surface area contributed by atoms with Crippen molar-refractivity contribution in [2.24, 2.45) is 0 Å². The largest absolute Gasteiger partial charge is 0.356 e. The Balaban J connectivity index is 1.60. The highest BCUT2D eigenvalue weighted by molar-refractivity contribution is 6.08. The van der Waals surface area contributed by atoms with Crippen molar-refractivity contribution in [3.63, 3.8) is 0 Å². The van der Waals surface area contributed by atoms with Gasteiger partial charge in [-0.25, -0.2) is 4.98 Å². The lowest BCUT2D eigenvalue weighted by molar-refractivity contribution is 0.102. The second-order valence-electron chi connectivity index (χ2n) is 6.44. The van der Waals surface area contributed by atoms with E-state index in [0.29, 0.717) is 5.56 Å². The first kappa shape index (κ1) is 15.6. The van der Waals surface area contributed by atoms with Crippen LogP contribution in [0.3, 0.4) is 0 Å². The van der Waals surface area contributed by atoms with Gasteiger partial charge in [0.15, 0.2) is 0 Å². The van der Waals surface area contributed by atoms with Crippen LogP contribution in [0.25, 0.3) is 10.8 Å². The maximum Gasteiger partial charge on any atom is 0.259 e. The summed E-state index contributed by atoms with van der Waals surface area (Å²) in [5.41, 5.74) is 1.44. The van der Waals surface area contributed by atoms with Crippen LogP contribution in [-0.2, 0) is 0 Å². The smallest absolute Gasteiger partial charge is 0.259 e. The van der Waals surface area contributed by atoms with Crippen LogP contribution in [0.2, 0.25) is 0 Å². The zero-order valence-corrected chi connectivity index (χ0v) is 14.1. The maximum atomic E-state index is 12.8. The van der Waals surface area contributed by atoms with Crippen LogP contribution in [-0.4, -0.2) is 24.0 Å². The standard InChI is InChI=1S/C21H21N3O/c25-21(23-18-11-10-16-7-2-3-8-17(16)15-18)19-9-6-12-22-20(19)24-13-4-1-5-14-24/h2-3,6-12,15H,1,4-5,13-14H2,(H,23,25). The SMILES string of the molecule is O=C(Nc1ccc2ccccc2c1)c1cccnc1N1CCCCC1. The van der Waals surface area contributed by atoms with E-state index in [1.54, 1.807) is 6.20 Å². The van der Waals surface area contributed by atoms with Crippen LogP contribution in [0, 0.1) is 0 Å². The molecular formula is C21H21N3O. The molecule has 4 nitrogen and oxygen atoms in total. The highest BCUT2D eigenvalue weighted by Gasteiger charge is 2.19. The fourth-order valence-corrected chi connectivity index (χ4v) is 3.40. The Bertz CT molecular complexity index is 900. The van der Waals surface area contributed by atoms with Gasteiger partial charge in [-0.15, -0.1) is 0 Å². The number of pyridine rings is 1. The molecule has 2 aromatic carbocycles. The number of hydrogen-bond donors (Lipinski definition) is 1. The summed E-state index contributed by atoms with van der Waals surface area (Å²) < 4.78 is 0. The van der Waals surface area contributed by atoms with Crippen molar-refractivity contribution < 1.29 is 4.79 Å². The average Bonchev–Trinajstić information content (AvgIpc) is 2.68. The van der Waals surface area contributed by atoms with Gasteiger partial charge in [-0.3, -0.25) is 4.79 Å². The first-order chi connectivity index (χ1) is 12.3. The summed E-state index contributed by atoms with van der Waals surface area (Å²) in [6.45, 7) is 1.93. The molecule has 1 aliphatic rings. The number of carbonyl (C=O) groups is 1. The number of carbonyl (C=O) groups excluding carboxylic acids is 1. The van der Waals surface area contributed by atoms with E-state index in [1.165, 1.54) is 6.42 Å². The molecule has 0 bridgehead atoms. The molecule has 3 aromatic rings. The second kappa shape index (κ2) is 6.93. The minimum absolute atomic E-state index is 0.107. The minimum atomic E-state index is -0.107. The molecule has 126 valence electrons. The van der Waals surface area contributed by atoms with E-state index in [1.807, 2.05) is 48.5 Å². The number of piperidine rings is 1. The number of nitrogens with zero attached hydrogens (tertiary/aromatic N) is 2. The molecule has 0 aliphatic carbocycles. The highest BCUT2D eigenvalue weighted by atomic mass is 16.1. The molecule has 2 heterocycles. The molecule has 0 unspecified atom stereocenters. The van der Waals surface area contributed by atoms with Gasteiger partial charge in [0.1, 0.15) is 5.82 Å². The Morgan fingerprint density at radius 1 is 0.920 bits per heavy atom. The summed E-state index contributed by atoms with van der Waals surface area (Å²) in [6, 6.07) is 17.8.